The van der Waals surface area contributed by atoms with E-state index in [1.54, 1.807) is 6.07 Å². The first-order valence-electron chi connectivity index (χ1n) is 11.6. The van der Waals surface area contributed by atoms with Crippen LogP contribution in [0.25, 0.3) is 11.1 Å². The Morgan fingerprint density at radius 2 is 1.48 bits per heavy atom. The second kappa shape index (κ2) is 11.7. The van der Waals surface area contributed by atoms with Gasteiger partial charge in [0.2, 0.25) is 0 Å². The van der Waals surface area contributed by atoms with E-state index in [0.717, 1.165) is 7.11 Å². The molecule has 0 heterocycles. The molecule has 3 aromatic rings. The molecular weight excluding hydrogens is 412 g/mol. The van der Waals surface area contributed by atoms with E-state index >= 15 is 0 Å². The second-order valence-electron chi connectivity index (χ2n) is 8.53. The minimum atomic E-state index is -0.254. The summed E-state index contributed by atoms with van der Waals surface area (Å²) in [6.45, 7) is 2.18. The number of esters is 1. The van der Waals surface area contributed by atoms with Crippen molar-refractivity contribution in [2.75, 3.05) is 14.2 Å². The van der Waals surface area contributed by atoms with Crippen LogP contribution < -0.4 is 0 Å². The summed E-state index contributed by atoms with van der Waals surface area (Å²) in [5.74, 6) is 1.19. The van der Waals surface area contributed by atoms with E-state index < -0.39 is 0 Å². The lowest BCUT2D eigenvalue weighted by atomic mass is 9.84. The van der Waals surface area contributed by atoms with E-state index in [9.17, 15) is 9.90 Å². The number of hydrogen-bond donors (Lipinski definition) is 2. The van der Waals surface area contributed by atoms with Gasteiger partial charge >= 0.3 is 5.97 Å². The topological polar surface area (TPSA) is 66.8 Å². The van der Waals surface area contributed by atoms with Gasteiger partial charge < -0.3 is 14.9 Å². The Labute approximate surface area is 196 Å². The molecule has 33 heavy (non-hydrogen) atoms. The number of aliphatic hydroxyl groups is 1. The highest BCUT2D eigenvalue weighted by Crippen LogP contribution is 2.45. The normalized spacial score (nSPS) is 16.3. The molecule has 1 atom stereocenters. The smallest absolute Gasteiger partial charge is 0.337 e. The fourth-order valence-corrected chi connectivity index (χ4v) is 4.89. The van der Waals surface area contributed by atoms with Gasteiger partial charge in [0.25, 0.3) is 0 Å². The molecule has 3 aromatic carbocycles. The zero-order valence-corrected chi connectivity index (χ0v) is 19.8. The zero-order valence-electron chi connectivity index (χ0n) is 19.8. The lowest BCUT2D eigenvalue weighted by Gasteiger charge is -2.21. The van der Waals surface area contributed by atoms with Crippen LogP contribution in [0.5, 0.6) is 5.75 Å². The maximum Gasteiger partial charge on any atom is 0.337 e. The first-order chi connectivity index (χ1) is 16.1. The van der Waals surface area contributed by atoms with Gasteiger partial charge in [-0.15, -0.1) is 0 Å². The van der Waals surface area contributed by atoms with Crippen molar-refractivity contribution in [1.29, 1.82) is 0 Å². The Bertz CT molecular complexity index is 1050. The van der Waals surface area contributed by atoms with Crippen LogP contribution in [0.1, 0.15) is 77.9 Å². The summed E-state index contributed by atoms with van der Waals surface area (Å²) in [5, 5.41) is 16.5. The maximum atomic E-state index is 11.3. The van der Waals surface area contributed by atoms with Crippen LogP contribution in [-0.2, 0) is 4.74 Å². The number of phenols is 1. The van der Waals surface area contributed by atoms with Crippen molar-refractivity contribution in [3.05, 3.63) is 89.0 Å². The molecule has 4 heteroatoms. The molecular formula is C29H34O4. The molecule has 0 spiro atoms. The van der Waals surface area contributed by atoms with E-state index in [0.29, 0.717) is 23.1 Å². The van der Waals surface area contributed by atoms with Gasteiger partial charge in [0.15, 0.2) is 0 Å². The molecule has 4 nitrogen and oxygen atoms in total. The Kier molecular flexibility index (Phi) is 8.67. The van der Waals surface area contributed by atoms with Crippen LogP contribution >= 0.6 is 0 Å². The van der Waals surface area contributed by atoms with E-state index in [1.807, 2.05) is 24.3 Å². The van der Waals surface area contributed by atoms with Crippen molar-refractivity contribution in [2.45, 2.75) is 50.9 Å². The largest absolute Gasteiger partial charge is 0.508 e. The molecule has 0 amide bonds. The van der Waals surface area contributed by atoms with Gasteiger partial charge in [-0.25, -0.2) is 4.79 Å². The highest BCUT2D eigenvalue weighted by atomic mass is 16.5. The highest BCUT2D eigenvalue weighted by molar-refractivity contribution is 5.89. The number of fused-ring (bicyclic) bond motifs is 3. The SMILES string of the molecule is CC1c2ccccc2-c2ccc(O)cc21.CO.COC(=O)c1ccc(C2CCCCC2)cc1. The fourth-order valence-electron chi connectivity index (χ4n) is 4.89. The molecule has 1 fully saturated rings. The van der Waals surface area contributed by atoms with E-state index in [2.05, 4.69) is 48.1 Å². The standard InChI is InChI=1S/C14H18O2.C14H12O.CH4O/c1-16-14(15)13-9-7-12(8-10-13)11-5-3-2-4-6-11;1-9-11-4-2-3-5-12(11)13-7-6-10(15)8-14(9)13;1-2/h7-11H,2-6H2,1H3;2-9,15H,1H3;2H,1H3. The van der Waals surface area contributed by atoms with Gasteiger partial charge in [-0.1, -0.05) is 68.7 Å². The van der Waals surface area contributed by atoms with Crippen LogP contribution in [-0.4, -0.2) is 30.4 Å². The van der Waals surface area contributed by atoms with Crippen molar-refractivity contribution in [1.82, 2.24) is 0 Å². The number of rotatable bonds is 2. The molecule has 1 saturated carbocycles. The van der Waals surface area contributed by atoms with Gasteiger partial charge in [-0.3, -0.25) is 0 Å². The minimum absolute atomic E-state index is 0.254. The van der Waals surface area contributed by atoms with E-state index in [4.69, 9.17) is 5.11 Å². The van der Waals surface area contributed by atoms with Crippen molar-refractivity contribution in [3.8, 4) is 16.9 Å². The van der Waals surface area contributed by atoms with Crippen LogP contribution in [0, 0.1) is 0 Å². The molecule has 2 N–H and O–H groups in total. The summed E-state index contributed by atoms with van der Waals surface area (Å²) in [6, 6.07) is 22.0. The summed E-state index contributed by atoms with van der Waals surface area (Å²) in [4.78, 5) is 11.3. The molecule has 0 bridgehead atoms. The molecule has 0 radical (unpaired) electrons. The lowest BCUT2D eigenvalue weighted by molar-refractivity contribution is 0.0600. The number of ether oxygens (including phenoxy) is 1. The quantitative estimate of drug-likeness (QED) is 0.432. The molecule has 5 rings (SSSR count). The van der Waals surface area contributed by atoms with Gasteiger partial charge in [0.1, 0.15) is 5.75 Å². The Hall–Kier alpha value is -3.11. The number of aromatic hydroxyl groups is 1. The second-order valence-corrected chi connectivity index (χ2v) is 8.53. The third-order valence-electron chi connectivity index (χ3n) is 6.63. The number of methoxy groups -OCH3 is 1. The summed E-state index contributed by atoms with van der Waals surface area (Å²) >= 11 is 0. The van der Waals surface area contributed by atoms with E-state index in [-0.39, 0.29) is 5.97 Å². The molecule has 0 aromatic heterocycles. The third-order valence-corrected chi connectivity index (χ3v) is 6.63. The maximum absolute atomic E-state index is 11.3. The number of carbonyl (C=O) groups excluding carboxylic acids is 1. The summed E-state index contributed by atoms with van der Waals surface area (Å²) < 4.78 is 4.68. The molecule has 2 aliphatic rings. The van der Waals surface area contributed by atoms with Crippen LogP contribution in [0.3, 0.4) is 0 Å². The summed E-state index contributed by atoms with van der Waals surface area (Å²) in [7, 11) is 2.41. The lowest BCUT2D eigenvalue weighted by Crippen LogP contribution is -2.05. The first-order valence-corrected chi connectivity index (χ1v) is 11.6. The summed E-state index contributed by atoms with van der Waals surface area (Å²) in [6.07, 6.45) is 6.62. The van der Waals surface area contributed by atoms with Crippen molar-refractivity contribution in [3.63, 3.8) is 0 Å². The molecule has 0 saturated heterocycles. The number of hydrogen-bond acceptors (Lipinski definition) is 4. The number of benzene rings is 3. The van der Waals surface area contributed by atoms with Gasteiger partial charge in [0.05, 0.1) is 12.7 Å². The average Bonchev–Trinajstić information content (AvgIpc) is 3.17. The van der Waals surface area contributed by atoms with Crippen LogP contribution in [0.2, 0.25) is 0 Å². The molecule has 174 valence electrons. The third kappa shape index (κ3) is 5.63. The van der Waals surface area contributed by atoms with Crippen molar-refractivity contribution in [2.24, 2.45) is 0 Å². The Morgan fingerprint density at radius 3 is 2.15 bits per heavy atom. The number of carbonyl (C=O) groups is 1. The van der Waals surface area contributed by atoms with Crippen molar-refractivity contribution < 1.29 is 19.7 Å². The van der Waals surface area contributed by atoms with Gasteiger partial charge in [0, 0.05) is 13.0 Å². The Morgan fingerprint density at radius 1 is 0.848 bits per heavy atom. The van der Waals surface area contributed by atoms with Gasteiger partial charge in [-0.2, -0.15) is 0 Å². The molecule has 2 aliphatic carbocycles. The van der Waals surface area contributed by atoms with Gasteiger partial charge in [-0.05, 0) is 70.8 Å². The minimum Gasteiger partial charge on any atom is -0.508 e. The fraction of sp³-hybridized carbons (Fsp3) is 0.345. The average molecular weight is 447 g/mol. The monoisotopic (exact) mass is 446 g/mol. The molecule has 0 aliphatic heterocycles. The summed E-state index contributed by atoms with van der Waals surface area (Å²) in [5.41, 5.74) is 7.17. The van der Waals surface area contributed by atoms with Crippen LogP contribution in [0.15, 0.2) is 66.7 Å². The predicted molar refractivity (Wildman–Crippen MR) is 133 cm³/mol. The van der Waals surface area contributed by atoms with E-state index in [1.165, 1.54) is 67.0 Å². The van der Waals surface area contributed by atoms with Crippen LogP contribution in [0.4, 0.5) is 0 Å². The van der Waals surface area contributed by atoms with Crippen molar-refractivity contribution >= 4 is 5.97 Å². The highest BCUT2D eigenvalue weighted by Gasteiger charge is 2.24. The first kappa shape index (κ1) is 24.5. The number of aliphatic hydroxyl groups excluding tert-OH is 1. The Balaban J connectivity index is 0.000000173. The predicted octanol–water partition coefficient (Wildman–Crippen LogP) is 6.65. The zero-order chi connectivity index (χ0) is 23.8. The molecule has 1 unspecified atom stereocenters. The number of phenolic OH excluding ortho intramolecular Hbond substituents is 1.